The maximum atomic E-state index is 11.9. The van der Waals surface area contributed by atoms with E-state index in [-0.39, 0.29) is 5.91 Å². The van der Waals surface area contributed by atoms with Crippen molar-refractivity contribution in [2.45, 2.75) is 13.3 Å². The highest BCUT2D eigenvalue weighted by Crippen LogP contribution is 2.29. The Morgan fingerprint density at radius 1 is 1.36 bits per heavy atom. The SMILES string of the molecule is CCOc1cccc2[nH]cc(CCNC(=O)c3ccoc3)c12. The minimum Gasteiger partial charge on any atom is -0.493 e. The average Bonchev–Trinajstić information content (AvgIpc) is 3.17. The lowest BCUT2D eigenvalue weighted by Crippen LogP contribution is -2.25. The molecule has 0 unspecified atom stereocenters. The Labute approximate surface area is 128 Å². The first kappa shape index (κ1) is 14.3. The zero-order chi connectivity index (χ0) is 15.4. The van der Waals surface area contributed by atoms with Gasteiger partial charge in [-0.2, -0.15) is 0 Å². The minimum absolute atomic E-state index is 0.126. The quantitative estimate of drug-likeness (QED) is 0.734. The smallest absolute Gasteiger partial charge is 0.254 e. The van der Waals surface area contributed by atoms with Crippen molar-refractivity contribution >= 4 is 16.8 Å². The predicted octanol–water partition coefficient (Wildman–Crippen LogP) is 3.13. The Bertz CT molecular complexity index is 759. The van der Waals surface area contributed by atoms with Crippen LogP contribution < -0.4 is 10.1 Å². The molecule has 0 aliphatic heterocycles. The molecule has 3 rings (SSSR count). The third-order valence-electron chi connectivity index (χ3n) is 3.51. The van der Waals surface area contributed by atoms with Crippen molar-refractivity contribution in [2.24, 2.45) is 0 Å². The summed E-state index contributed by atoms with van der Waals surface area (Å²) in [5.74, 6) is 0.746. The van der Waals surface area contributed by atoms with Gasteiger partial charge in [0.15, 0.2) is 0 Å². The molecule has 5 heteroatoms. The minimum atomic E-state index is -0.126. The van der Waals surface area contributed by atoms with Gasteiger partial charge in [-0.3, -0.25) is 4.79 Å². The van der Waals surface area contributed by atoms with E-state index in [1.807, 2.05) is 31.3 Å². The third kappa shape index (κ3) is 2.83. The number of benzene rings is 1. The molecule has 0 atom stereocenters. The van der Waals surface area contributed by atoms with Gasteiger partial charge in [0.05, 0.1) is 18.4 Å². The second-order valence-corrected chi connectivity index (χ2v) is 4.94. The highest BCUT2D eigenvalue weighted by molar-refractivity contribution is 5.94. The number of hydrogen-bond acceptors (Lipinski definition) is 3. The van der Waals surface area contributed by atoms with Gasteiger partial charge in [-0.15, -0.1) is 0 Å². The largest absolute Gasteiger partial charge is 0.493 e. The van der Waals surface area contributed by atoms with E-state index in [4.69, 9.17) is 9.15 Å². The molecule has 0 saturated carbocycles. The number of H-pyrrole nitrogens is 1. The number of nitrogens with one attached hydrogen (secondary N) is 2. The summed E-state index contributed by atoms with van der Waals surface area (Å²) in [5, 5.41) is 3.97. The first-order valence-corrected chi connectivity index (χ1v) is 7.31. The number of hydrogen-bond donors (Lipinski definition) is 2. The molecule has 3 aromatic rings. The third-order valence-corrected chi connectivity index (χ3v) is 3.51. The molecule has 0 bridgehead atoms. The number of amides is 1. The van der Waals surface area contributed by atoms with Gasteiger partial charge in [0, 0.05) is 23.6 Å². The fraction of sp³-hybridized carbons (Fsp3) is 0.235. The second-order valence-electron chi connectivity index (χ2n) is 4.94. The van der Waals surface area contributed by atoms with E-state index in [0.717, 1.165) is 28.6 Å². The van der Waals surface area contributed by atoms with Crippen LogP contribution in [0.5, 0.6) is 5.75 Å². The fourth-order valence-corrected chi connectivity index (χ4v) is 2.50. The number of carbonyl (C=O) groups excluding carboxylic acids is 1. The molecule has 0 spiro atoms. The number of ether oxygens (including phenoxy) is 1. The normalized spacial score (nSPS) is 10.8. The molecule has 0 aliphatic rings. The summed E-state index contributed by atoms with van der Waals surface area (Å²) >= 11 is 0. The van der Waals surface area contributed by atoms with Gasteiger partial charge in [-0.25, -0.2) is 0 Å². The van der Waals surface area contributed by atoms with Crippen molar-refractivity contribution < 1.29 is 13.9 Å². The van der Waals surface area contributed by atoms with Crippen LogP contribution in [0, 0.1) is 0 Å². The van der Waals surface area contributed by atoms with Gasteiger partial charge < -0.3 is 19.5 Å². The molecule has 0 saturated heterocycles. The van der Waals surface area contributed by atoms with Gasteiger partial charge in [0.1, 0.15) is 12.0 Å². The van der Waals surface area contributed by atoms with Crippen LogP contribution in [0.25, 0.3) is 10.9 Å². The molecule has 2 N–H and O–H groups in total. The van der Waals surface area contributed by atoms with E-state index in [9.17, 15) is 4.79 Å². The van der Waals surface area contributed by atoms with Crippen molar-refractivity contribution in [1.29, 1.82) is 0 Å². The fourth-order valence-electron chi connectivity index (χ4n) is 2.50. The maximum Gasteiger partial charge on any atom is 0.254 e. The topological polar surface area (TPSA) is 67.3 Å². The lowest BCUT2D eigenvalue weighted by Gasteiger charge is -2.07. The zero-order valence-corrected chi connectivity index (χ0v) is 12.4. The van der Waals surface area contributed by atoms with Crippen molar-refractivity contribution in [3.63, 3.8) is 0 Å². The van der Waals surface area contributed by atoms with E-state index in [2.05, 4.69) is 10.3 Å². The number of furan rings is 1. The number of aromatic nitrogens is 1. The first-order chi connectivity index (χ1) is 10.8. The van der Waals surface area contributed by atoms with Crippen LogP contribution in [0.15, 0.2) is 47.4 Å². The number of fused-ring (bicyclic) bond motifs is 1. The molecule has 0 aliphatic carbocycles. The van der Waals surface area contributed by atoms with Crippen LogP contribution >= 0.6 is 0 Å². The van der Waals surface area contributed by atoms with Crippen LogP contribution in [0.2, 0.25) is 0 Å². The molecule has 5 nitrogen and oxygen atoms in total. The van der Waals surface area contributed by atoms with Crippen molar-refractivity contribution in [3.8, 4) is 5.75 Å². The van der Waals surface area contributed by atoms with Crippen molar-refractivity contribution in [1.82, 2.24) is 10.3 Å². The summed E-state index contributed by atoms with van der Waals surface area (Å²) in [6.45, 7) is 3.15. The summed E-state index contributed by atoms with van der Waals surface area (Å²) in [7, 11) is 0. The molecule has 1 amide bonds. The molecule has 22 heavy (non-hydrogen) atoms. The highest BCUT2D eigenvalue weighted by Gasteiger charge is 2.10. The summed E-state index contributed by atoms with van der Waals surface area (Å²) < 4.78 is 10.6. The van der Waals surface area contributed by atoms with Crippen LogP contribution in [-0.4, -0.2) is 24.0 Å². The Morgan fingerprint density at radius 2 is 2.27 bits per heavy atom. The Kier molecular flexibility index (Phi) is 4.14. The van der Waals surface area contributed by atoms with Crippen LogP contribution in [0.1, 0.15) is 22.8 Å². The molecule has 0 radical (unpaired) electrons. The Morgan fingerprint density at radius 3 is 3.05 bits per heavy atom. The highest BCUT2D eigenvalue weighted by atomic mass is 16.5. The van der Waals surface area contributed by atoms with Gasteiger partial charge in [0.2, 0.25) is 0 Å². The summed E-state index contributed by atoms with van der Waals surface area (Å²) in [4.78, 5) is 15.1. The van der Waals surface area contributed by atoms with E-state index in [1.165, 1.54) is 12.5 Å². The van der Waals surface area contributed by atoms with Gasteiger partial charge in [0.25, 0.3) is 5.91 Å². The van der Waals surface area contributed by atoms with Gasteiger partial charge >= 0.3 is 0 Å². The molecule has 2 heterocycles. The van der Waals surface area contributed by atoms with Crippen molar-refractivity contribution in [2.75, 3.05) is 13.2 Å². The van der Waals surface area contributed by atoms with Gasteiger partial charge in [-0.1, -0.05) is 6.07 Å². The van der Waals surface area contributed by atoms with E-state index in [1.54, 1.807) is 6.07 Å². The maximum absolute atomic E-state index is 11.9. The summed E-state index contributed by atoms with van der Waals surface area (Å²) in [5.41, 5.74) is 2.71. The number of carbonyl (C=O) groups is 1. The molecule has 2 aromatic heterocycles. The average molecular weight is 298 g/mol. The van der Waals surface area contributed by atoms with Crippen molar-refractivity contribution in [3.05, 3.63) is 54.1 Å². The van der Waals surface area contributed by atoms with E-state index < -0.39 is 0 Å². The monoisotopic (exact) mass is 298 g/mol. The standard InChI is InChI=1S/C17H18N2O3/c1-2-22-15-5-3-4-14-16(15)12(10-19-14)6-8-18-17(20)13-7-9-21-11-13/h3-5,7,9-11,19H,2,6,8H2,1H3,(H,18,20). The molecular weight excluding hydrogens is 280 g/mol. The molecular formula is C17H18N2O3. The molecule has 1 aromatic carbocycles. The Balaban J connectivity index is 1.70. The lowest BCUT2D eigenvalue weighted by molar-refractivity contribution is 0.0953. The first-order valence-electron chi connectivity index (χ1n) is 7.31. The van der Waals surface area contributed by atoms with Crippen LogP contribution in [0.3, 0.4) is 0 Å². The van der Waals surface area contributed by atoms with Crippen LogP contribution in [0.4, 0.5) is 0 Å². The Hall–Kier alpha value is -2.69. The van der Waals surface area contributed by atoms with E-state index >= 15 is 0 Å². The molecule has 114 valence electrons. The zero-order valence-electron chi connectivity index (χ0n) is 12.4. The molecule has 0 fully saturated rings. The second kappa shape index (κ2) is 6.39. The summed E-state index contributed by atoms with van der Waals surface area (Å²) in [6, 6.07) is 7.60. The predicted molar refractivity (Wildman–Crippen MR) is 84.2 cm³/mol. The van der Waals surface area contributed by atoms with Crippen LogP contribution in [-0.2, 0) is 6.42 Å². The summed E-state index contributed by atoms with van der Waals surface area (Å²) in [6.07, 6.45) is 5.63. The number of aromatic amines is 1. The van der Waals surface area contributed by atoms with E-state index in [0.29, 0.717) is 18.7 Å². The number of rotatable bonds is 6. The van der Waals surface area contributed by atoms with Gasteiger partial charge in [-0.05, 0) is 37.1 Å². The lowest BCUT2D eigenvalue weighted by atomic mass is 10.1.